The van der Waals surface area contributed by atoms with Gasteiger partial charge in [0.1, 0.15) is 11.4 Å². The van der Waals surface area contributed by atoms with Crippen molar-refractivity contribution in [3.63, 3.8) is 0 Å². The maximum absolute atomic E-state index is 14.2. The number of hydrogen-bond donors (Lipinski definition) is 1. The Morgan fingerprint density at radius 3 is 2.87 bits per heavy atom. The lowest BCUT2D eigenvalue weighted by atomic mass is 9.73. The standard InChI is InChI=1S/C12H16FNO/c1-2-15-11-5-3-4-9(6-11)12(13)7-10(14)8-12/h3-6,10H,2,7-8,14H2,1H3. The fourth-order valence-corrected chi connectivity index (χ4v) is 2.04. The second-order valence-electron chi connectivity index (χ2n) is 4.09. The molecule has 0 bridgehead atoms. The first-order valence-corrected chi connectivity index (χ1v) is 5.32. The van der Waals surface area contributed by atoms with Gasteiger partial charge in [-0.05, 0) is 24.6 Å². The van der Waals surface area contributed by atoms with Crippen molar-refractivity contribution >= 4 is 0 Å². The number of nitrogens with two attached hydrogens (primary N) is 1. The van der Waals surface area contributed by atoms with Crippen LogP contribution >= 0.6 is 0 Å². The molecule has 15 heavy (non-hydrogen) atoms. The summed E-state index contributed by atoms with van der Waals surface area (Å²) in [4.78, 5) is 0. The Morgan fingerprint density at radius 1 is 1.53 bits per heavy atom. The van der Waals surface area contributed by atoms with Crippen molar-refractivity contribution in [3.05, 3.63) is 29.8 Å². The molecule has 0 spiro atoms. The number of halogens is 1. The fraction of sp³-hybridized carbons (Fsp3) is 0.500. The minimum atomic E-state index is -1.23. The van der Waals surface area contributed by atoms with Gasteiger partial charge in [-0.25, -0.2) is 4.39 Å². The molecule has 1 aromatic carbocycles. The van der Waals surface area contributed by atoms with Gasteiger partial charge in [-0.3, -0.25) is 0 Å². The summed E-state index contributed by atoms with van der Waals surface area (Å²) < 4.78 is 19.5. The van der Waals surface area contributed by atoms with Crippen LogP contribution in [0.15, 0.2) is 24.3 Å². The van der Waals surface area contributed by atoms with Gasteiger partial charge in [0.2, 0.25) is 0 Å². The highest BCUT2D eigenvalue weighted by Gasteiger charge is 2.44. The van der Waals surface area contributed by atoms with Gasteiger partial charge < -0.3 is 10.5 Å². The Kier molecular flexibility index (Phi) is 2.65. The Hall–Kier alpha value is -1.09. The van der Waals surface area contributed by atoms with Gasteiger partial charge in [-0.15, -0.1) is 0 Å². The Morgan fingerprint density at radius 2 is 2.27 bits per heavy atom. The van der Waals surface area contributed by atoms with Gasteiger partial charge in [-0.2, -0.15) is 0 Å². The predicted molar refractivity (Wildman–Crippen MR) is 57.6 cm³/mol. The molecule has 0 amide bonds. The molecule has 2 nitrogen and oxygen atoms in total. The highest BCUT2D eigenvalue weighted by Crippen LogP contribution is 2.44. The maximum atomic E-state index is 14.2. The third-order valence-corrected chi connectivity index (χ3v) is 2.83. The molecule has 3 heteroatoms. The number of ether oxygens (including phenoxy) is 1. The molecule has 2 rings (SSSR count). The minimum Gasteiger partial charge on any atom is -0.494 e. The molecule has 1 aliphatic carbocycles. The van der Waals surface area contributed by atoms with Crippen LogP contribution in [-0.4, -0.2) is 12.6 Å². The maximum Gasteiger partial charge on any atom is 0.139 e. The van der Waals surface area contributed by atoms with Crippen LogP contribution in [0.1, 0.15) is 25.3 Å². The van der Waals surface area contributed by atoms with Gasteiger partial charge in [0.05, 0.1) is 6.61 Å². The number of hydrogen-bond acceptors (Lipinski definition) is 2. The zero-order chi connectivity index (χ0) is 10.9. The van der Waals surface area contributed by atoms with E-state index in [1.165, 1.54) is 0 Å². The lowest BCUT2D eigenvalue weighted by molar-refractivity contribution is 0.0403. The van der Waals surface area contributed by atoms with Crippen LogP contribution in [0.2, 0.25) is 0 Å². The van der Waals surface area contributed by atoms with Crippen molar-refractivity contribution in [2.24, 2.45) is 5.73 Å². The van der Waals surface area contributed by atoms with Gasteiger partial charge in [0, 0.05) is 18.9 Å². The van der Waals surface area contributed by atoms with E-state index in [2.05, 4.69) is 0 Å². The van der Waals surface area contributed by atoms with E-state index in [0.29, 0.717) is 25.0 Å². The van der Waals surface area contributed by atoms with E-state index >= 15 is 0 Å². The summed E-state index contributed by atoms with van der Waals surface area (Å²) in [6.07, 6.45) is 0.838. The molecule has 0 heterocycles. The van der Waals surface area contributed by atoms with E-state index < -0.39 is 5.67 Å². The van der Waals surface area contributed by atoms with Gasteiger partial charge >= 0.3 is 0 Å². The Labute approximate surface area is 89.2 Å². The lowest BCUT2D eigenvalue weighted by Crippen LogP contribution is -2.46. The average molecular weight is 209 g/mol. The minimum absolute atomic E-state index is 0.00532. The fourth-order valence-electron chi connectivity index (χ4n) is 2.04. The molecule has 1 fully saturated rings. The molecule has 1 aliphatic rings. The van der Waals surface area contributed by atoms with Gasteiger partial charge in [-0.1, -0.05) is 12.1 Å². The summed E-state index contributed by atoms with van der Waals surface area (Å²) in [6, 6.07) is 7.25. The number of alkyl halides is 1. The third kappa shape index (κ3) is 1.97. The summed E-state index contributed by atoms with van der Waals surface area (Å²) in [5.74, 6) is 0.729. The normalized spacial score (nSPS) is 29.7. The number of rotatable bonds is 3. The topological polar surface area (TPSA) is 35.2 Å². The van der Waals surface area contributed by atoms with E-state index in [9.17, 15) is 4.39 Å². The van der Waals surface area contributed by atoms with Gasteiger partial charge in [0.25, 0.3) is 0 Å². The molecular weight excluding hydrogens is 193 g/mol. The first kappa shape index (κ1) is 10.4. The van der Waals surface area contributed by atoms with Crippen LogP contribution in [0.4, 0.5) is 4.39 Å². The molecule has 0 saturated heterocycles. The van der Waals surface area contributed by atoms with Crippen molar-refractivity contribution in [2.75, 3.05) is 6.61 Å². The third-order valence-electron chi connectivity index (χ3n) is 2.83. The molecule has 0 aliphatic heterocycles. The first-order valence-electron chi connectivity index (χ1n) is 5.32. The first-order chi connectivity index (χ1) is 7.14. The smallest absolute Gasteiger partial charge is 0.139 e. The summed E-state index contributed by atoms with van der Waals surface area (Å²) in [5, 5.41) is 0. The average Bonchev–Trinajstić information content (AvgIpc) is 2.17. The van der Waals surface area contributed by atoms with E-state index in [0.717, 1.165) is 5.75 Å². The SMILES string of the molecule is CCOc1cccc(C2(F)CC(N)C2)c1. The quantitative estimate of drug-likeness (QED) is 0.829. The molecule has 0 radical (unpaired) electrons. The predicted octanol–water partition coefficient (Wildman–Crippen LogP) is 2.37. The Balaban J connectivity index is 2.18. The van der Waals surface area contributed by atoms with Crippen molar-refractivity contribution < 1.29 is 9.13 Å². The molecule has 1 saturated carbocycles. The lowest BCUT2D eigenvalue weighted by Gasteiger charge is -2.39. The van der Waals surface area contributed by atoms with Crippen LogP contribution in [0, 0.1) is 0 Å². The van der Waals surface area contributed by atoms with Crippen LogP contribution in [0.5, 0.6) is 5.75 Å². The molecule has 0 aromatic heterocycles. The highest BCUT2D eigenvalue weighted by atomic mass is 19.1. The Bertz CT molecular complexity index is 347. The van der Waals surface area contributed by atoms with Crippen LogP contribution in [0.25, 0.3) is 0 Å². The summed E-state index contributed by atoms with van der Waals surface area (Å²) >= 11 is 0. The van der Waals surface area contributed by atoms with Crippen molar-refractivity contribution in [1.29, 1.82) is 0 Å². The van der Waals surface area contributed by atoms with Crippen LogP contribution in [0.3, 0.4) is 0 Å². The van der Waals surface area contributed by atoms with Gasteiger partial charge in [0.15, 0.2) is 0 Å². The van der Waals surface area contributed by atoms with E-state index in [1.54, 1.807) is 12.1 Å². The zero-order valence-corrected chi connectivity index (χ0v) is 8.87. The van der Waals surface area contributed by atoms with E-state index in [4.69, 9.17) is 10.5 Å². The monoisotopic (exact) mass is 209 g/mol. The summed E-state index contributed by atoms with van der Waals surface area (Å²) in [5.41, 5.74) is 5.08. The van der Waals surface area contributed by atoms with E-state index in [-0.39, 0.29) is 6.04 Å². The summed E-state index contributed by atoms with van der Waals surface area (Å²) in [6.45, 7) is 2.51. The molecule has 0 atom stereocenters. The second kappa shape index (κ2) is 3.81. The molecule has 0 unspecified atom stereocenters. The van der Waals surface area contributed by atoms with Crippen LogP contribution < -0.4 is 10.5 Å². The highest BCUT2D eigenvalue weighted by molar-refractivity contribution is 5.34. The molecule has 2 N–H and O–H groups in total. The second-order valence-corrected chi connectivity index (χ2v) is 4.09. The van der Waals surface area contributed by atoms with E-state index in [1.807, 2.05) is 19.1 Å². The molecular formula is C12H16FNO. The van der Waals surface area contributed by atoms with Crippen molar-refractivity contribution in [2.45, 2.75) is 31.5 Å². The van der Waals surface area contributed by atoms with Crippen molar-refractivity contribution in [1.82, 2.24) is 0 Å². The number of benzene rings is 1. The largest absolute Gasteiger partial charge is 0.494 e. The zero-order valence-electron chi connectivity index (χ0n) is 8.87. The summed E-state index contributed by atoms with van der Waals surface area (Å²) in [7, 11) is 0. The van der Waals surface area contributed by atoms with Crippen molar-refractivity contribution in [3.8, 4) is 5.75 Å². The van der Waals surface area contributed by atoms with Crippen LogP contribution in [-0.2, 0) is 5.67 Å². The molecule has 1 aromatic rings. The molecule has 82 valence electrons.